The van der Waals surface area contributed by atoms with E-state index in [1.165, 1.54) is 0 Å². The molecule has 0 saturated carbocycles. The van der Waals surface area contributed by atoms with Gasteiger partial charge in [0.2, 0.25) is 0 Å². The second-order valence-corrected chi connectivity index (χ2v) is 4.54. The van der Waals surface area contributed by atoms with Gasteiger partial charge in [0.25, 0.3) is 0 Å². The van der Waals surface area contributed by atoms with Crippen LogP contribution >= 0.6 is 0 Å². The molecule has 0 spiro atoms. The monoisotopic (exact) mass is 274 g/mol. The van der Waals surface area contributed by atoms with Gasteiger partial charge in [-0.3, -0.25) is 10.1 Å². The fraction of sp³-hybridized carbons (Fsp3) is 0.333. The van der Waals surface area contributed by atoms with Crippen molar-refractivity contribution in [1.82, 2.24) is 14.8 Å². The Morgan fingerprint density at radius 1 is 1.40 bits per heavy atom. The van der Waals surface area contributed by atoms with Gasteiger partial charge in [-0.2, -0.15) is 0 Å². The van der Waals surface area contributed by atoms with Crippen molar-refractivity contribution in [3.8, 4) is 0 Å². The molecule has 104 valence electrons. The van der Waals surface area contributed by atoms with E-state index >= 15 is 0 Å². The van der Waals surface area contributed by atoms with Crippen molar-refractivity contribution >= 4 is 17.1 Å². The van der Waals surface area contributed by atoms with Crippen molar-refractivity contribution in [3.63, 3.8) is 0 Å². The Morgan fingerprint density at radius 2 is 2.25 bits per heavy atom. The van der Waals surface area contributed by atoms with E-state index in [2.05, 4.69) is 15.5 Å². The molecule has 1 aromatic heterocycles. The maximum absolute atomic E-state index is 11.3. The van der Waals surface area contributed by atoms with E-state index in [1.807, 2.05) is 15.5 Å². The summed E-state index contributed by atoms with van der Waals surface area (Å²) >= 11 is 0. The highest BCUT2D eigenvalue weighted by atomic mass is 16.6. The van der Waals surface area contributed by atoms with Gasteiger partial charge >= 0.3 is 5.69 Å². The molecule has 1 aliphatic heterocycles. The minimum absolute atomic E-state index is 0.1000. The summed E-state index contributed by atoms with van der Waals surface area (Å²) in [4.78, 5) is 13.0. The zero-order valence-electron chi connectivity index (χ0n) is 11.0. The van der Waals surface area contributed by atoms with Gasteiger partial charge in [-0.1, -0.05) is 6.07 Å². The van der Waals surface area contributed by atoms with Crippen LogP contribution in [0.25, 0.3) is 0 Å². The summed E-state index contributed by atoms with van der Waals surface area (Å²) in [6.07, 6.45) is 1.69. The van der Waals surface area contributed by atoms with Gasteiger partial charge in [0.15, 0.2) is 5.82 Å². The van der Waals surface area contributed by atoms with Gasteiger partial charge in [-0.05, 0) is 12.1 Å². The molecule has 20 heavy (non-hydrogen) atoms. The lowest BCUT2D eigenvalue weighted by Gasteiger charge is -2.28. The van der Waals surface area contributed by atoms with Gasteiger partial charge in [0.05, 0.1) is 11.5 Å². The van der Waals surface area contributed by atoms with Crippen molar-refractivity contribution < 1.29 is 4.92 Å². The van der Waals surface area contributed by atoms with E-state index in [0.717, 1.165) is 12.4 Å². The number of nitrogens with one attached hydrogen (secondary N) is 1. The molecule has 8 heteroatoms. The van der Waals surface area contributed by atoms with Crippen LogP contribution in [0, 0.1) is 10.1 Å². The first-order valence-electron chi connectivity index (χ1n) is 6.27. The highest BCUT2D eigenvalue weighted by Crippen LogP contribution is 2.36. The summed E-state index contributed by atoms with van der Waals surface area (Å²) in [7, 11) is 1.68. The molecule has 0 aliphatic carbocycles. The van der Waals surface area contributed by atoms with E-state index < -0.39 is 0 Å². The summed E-state index contributed by atoms with van der Waals surface area (Å²) in [5, 5.41) is 22.1. The van der Waals surface area contributed by atoms with Crippen LogP contribution in [0.2, 0.25) is 0 Å². The number of rotatable bonds is 3. The third-order valence-corrected chi connectivity index (χ3v) is 3.45. The van der Waals surface area contributed by atoms with E-state index in [1.54, 1.807) is 25.5 Å². The molecule has 0 amide bonds. The molecule has 1 N–H and O–H groups in total. The maximum Gasteiger partial charge on any atom is 0.315 e. The second-order valence-electron chi connectivity index (χ2n) is 4.54. The van der Waals surface area contributed by atoms with E-state index in [4.69, 9.17) is 0 Å². The number of benzene rings is 1. The van der Waals surface area contributed by atoms with Crippen molar-refractivity contribution in [3.05, 3.63) is 40.5 Å². The summed E-state index contributed by atoms with van der Waals surface area (Å²) in [6.45, 7) is 1.94. The fourth-order valence-electron chi connectivity index (χ4n) is 2.45. The second kappa shape index (κ2) is 4.80. The van der Waals surface area contributed by atoms with E-state index in [9.17, 15) is 10.1 Å². The standard InChI is InChI=1S/C12H14N6O2/c1-13-9-3-2-4-10(12(9)18(19)20)16-5-6-17-8-14-15-11(17)7-16/h2-4,8,13H,5-7H2,1H3. The zero-order valence-corrected chi connectivity index (χ0v) is 11.0. The van der Waals surface area contributed by atoms with Crippen LogP contribution in [0.15, 0.2) is 24.5 Å². The molecular formula is C12H14N6O2. The minimum atomic E-state index is -0.347. The quantitative estimate of drug-likeness (QED) is 0.669. The number of aromatic nitrogens is 3. The van der Waals surface area contributed by atoms with Crippen LogP contribution in [-0.4, -0.2) is 33.3 Å². The number of fused-ring (bicyclic) bond motifs is 1. The molecule has 1 aromatic carbocycles. The van der Waals surface area contributed by atoms with Gasteiger partial charge in [0, 0.05) is 20.1 Å². The number of hydrogen-bond acceptors (Lipinski definition) is 6. The summed E-state index contributed by atoms with van der Waals surface area (Å²) in [5.41, 5.74) is 1.22. The molecule has 3 rings (SSSR count). The molecule has 0 radical (unpaired) electrons. The number of nitro benzene ring substituents is 1. The van der Waals surface area contributed by atoms with Crippen molar-refractivity contribution in [2.45, 2.75) is 13.1 Å². The van der Waals surface area contributed by atoms with Crippen LogP contribution in [0.5, 0.6) is 0 Å². The smallest absolute Gasteiger partial charge is 0.315 e. The number of anilines is 2. The van der Waals surface area contributed by atoms with Crippen LogP contribution in [0.4, 0.5) is 17.1 Å². The van der Waals surface area contributed by atoms with E-state index in [-0.39, 0.29) is 10.6 Å². The number of nitrogens with zero attached hydrogens (tertiary/aromatic N) is 5. The Hall–Kier alpha value is -2.64. The molecule has 0 unspecified atom stereocenters. The molecule has 0 fully saturated rings. The average Bonchev–Trinajstić information content (AvgIpc) is 2.93. The topological polar surface area (TPSA) is 89.1 Å². The first kappa shape index (κ1) is 12.4. The SMILES string of the molecule is CNc1cccc(N2CCn3cnnc3C2)c1[N+](=O)[O-]. The average molecular weight is 274 g/mol. The van der Waals surface area contributed by atoms with Crippen LogP contribution < -0.4 is 10.2 Å². The Bertz CT molecular complexity index is 653. The maximum atomic E-state index is 11.3. The predicted molar refractivity (Wildman–Crippen MR) is 73.7 cm³/mol. The highest BCUT2D eigenvalue weighted by molar-refractivity contribution is 5.77. The molecule has 2 heterocycles. The molecule has 2 aromatic rings. The number of nitro groups is 1. The molecular weight excluding hydrogens is 260 g/mol. The largest absolute Gasteiger partial charge is 0.382 e. The Balaban J connectivity index is 2.01. The third-order valence-electron chi connectivity index (χ3n) is 3.45. The van der Waals surface area contributed by atoms with Gasteiger partial charge in [-0.15, -0.1) is 10.2 Å². The van der Waals surface area contributed by atoms with E-state index in [0.29, 0.717) is 24.5 Å². The van der Waals surface area contributed by atoms with Crippen LogP contribution in [0.3, 0.4) is 0 Å². The Labute approximate surface area is 115 Å². The first-order valence-corrected chi connectivity index (χ1v) is 6.27. The first-order chi connectivity index (χ1) is 9.70. The van der Waals surface area contributed by atoms with Crippen molar-refractivity contribution in [2.75, 3.05) is 23.8 Å². The van der Waals surface area contributed by atoms with Crippen LogP contribution in [-0.2, 0) is 13.1 Å². The third kappa shape index (κ3) is 1.94. The van der Waals surface area contributed by atoms with Crippen molar-refractivity contribution in [2.24, 2.45) is 0 Å². The number of para-hydroxylation sites is 1. The van der Waals surface area contributed by atoms with Crippen LogP contribution in [0.1, 0.15) is 5.82 Å². The Kier molecular flexibility index (Phi) is 2.97. The van der Waals surface area contributed by atoms with Gasteiger partial charge in [-0.25, -0.2) is 0 Å². The van der Waals surface area contributed by atoms with Crippen molar-refractivity contribution in [1.29, 1.82) is 0 Å². The predicted octanol–water partition coefficient (Wildman–Crippen LogP) is 1.25. The lowest BCUT2D eigenvalue weighted by molar-refractivity contribution is -0.383. The number of hydrogen-bond donors (Lipinski definition) is 1. The summed E-state index contributed by atoms with van der Waals surface area (Å²) < 4.78 is 1.96. The van der Waals surface area contributed by atoms with Gasteiger partial charge in [0.1, 0.15) is 17.7 Å². The highest BCUT2D eigenvalue weighted by Gasteiger charge is 2.26. The summed E-state index contributed by atoms with van der Waals surface area (Å²) in [6, 6.07) is 5.28. The summed E-state index contributed by atoms with van der Waals surface area (Å²) in [5.74, 6) is 0.820. The minimum Gasteiger partial charge on any atom is -0.382 e. The molecule has 0 bridgehead atoms. The normalized spacial score (nSPS) is 13.9. The fourth-order valence-corrected chi connectivity index (χ4v) is 2.45. The zero-order chi connectivity index (χ0) is 14.1. The molecule has 0 atom stereocenters. The molecule has 1 aliphatic rings. The molecule has 0 saturated heterocycles. The molecule has 8 nitrogen and oxygen atoms in total. The lowest BCUT2D eigenvalue weighted by atomic mass is 10.2. The lowest BCUT2D eigenvalue weighted by Crippen LogP contribution is -2.34. The Morgan fingerprint density at radius 3 is 3.00 bits per heavy atom. The van der Waals surface area contributed by atoms with Gasteiger partial charge < -0.3 is 14.8 Å².